The topological polar surface area (TPSA) is 117 Å². The second-order valence-electron chi connectivity index (χ2n) is 4.22. The van der Waals surface area contributed by atoms with Crippen LogP contribution >= 0.6 is 0 Å². The van der Waals surface area contributed by atoms with Crippen LogP contribution in [0.4, 0.5) is 11.4 Å². The molecule has 1 amide bonds. The number of carbonyl (C=O) groups excluding carboxylic acids is 1. The summed E-state index contributed by atoms with van der Waals surface area (Å²) in [6.07, 6.45) is 0.603. The van der Waals surface area contributed by atoms with Crippen LogP contribution in [0.2, 0.25) is 0 Å². The number of para-hydroxylation sites is 1. The van der Waals surface area contributed by atoms with E-state index in [4.69, 9.17) is 15.2 Å². The van der Waals surface area contributed by atoms with E-state index >= 15 is 0 Å². The number of hydrogen-bond acceptors (Lipinski definition) is 6. The van der Waals surface area contributed by atoms with Crippen molar-refractivity contribution in [3.8, 4) is 0 Å². The fourth-order valence-corrected chi connectivity index (χ4v) is 1.66. The smallest absolute Gasteiger partial charge is 0.304 e. The first-order valence-electron chi connectivity index (χ1n) is 6.45. The van der Waals surface area contributed by atoms with Crippen LogP contribution in [-0.4, -0.2) is 44.3 Å². The highest BCUT2D eigenvalue weighted by Gasteiger charge is 2.22. The molecule has 0 aliphatic rings. The molecule has 8 nitrogen and oxygen atoms in total. The van der Waals surface area contributed by atoms with Gasteiger partial charge < -0.3 is 20.5 Å². The van der Waals surface area contributed by atoms with Gasteiger partial charge in [-0.1, -0.05) is 6.07 Å². The lowest BCUT2D eigenvalue weighted by Crippen LogP contribution is -2.26. The van der Waals surface area contributed by atoms with Crippen molar-refractivity contribution >= 4 is 17.3 Å². The number of ether oxygens (including phenoxy) is 2. The maximum Gasteiger partial charge on any atom is 0.304 e. The minimum atomic E-state index is -0.655. The second-order valence-corrected chi connectivity index (χ2v) is 4.22. The molecule has 3 N–H and O–H groups in total. The molecule has 0 saturated heterocycles. The number of nitro benzene ring substituents is 1. The van der Waals surface area contributed by atoms with E-state index < -0.39 is 10.8 Å². The lowest BCUT2D eigenvalue weighted by Gasteiger charge is -2.07. The largest absolute Gasteiger partial charge is 0.393 e. The van der Waals surface area contributed by atoms with Crippen LogP contribution in [0, 0.1) is 10.1 Å². The molecule has 8 heteroatoms. The summed E-state index contributed by atoms with van der Waals surface area (Å²) >= 11 is 0. The summed E-state index contributed by atoms with van der Waals surface area (Å²) < 4.78 is 10.1. The Morgan fingerprint density at radius 3 is 2.81 bits per heavy atom. The Bertz CT molecular complexity index is 493. The Hall–Kier alpha value is -2.19. The van der Waals surface area contributed by atoms with Gasteiger partial charge in [0.05, 0.1) is 18.1 Å². The molecule has 0 spiro atoms. The van der Waals surface area contributed by atoms with Gasteiger partial charge in [-0.05, 0) is 18.6 Å². The fourth-order valence-electron chi connectivity index (χ4n) is 1.66. The van der Waals surface area contributed by atoms with Gasteiger partial charge in [-0.3, -0.25) is 14.9 Å². The Morgan fingerprint density at radius 1 is 1.38 bits per heavy atom. The Balaban J connectivity index is 2.46. The van der Waals surface area contributed by atoms with Crippen molar-refractivity contribution in [2.75, 3.05) is 39.2 Å². The Kier molecular flexibility index (Phi) is 7.13. The van der Waals surface area contributed by atoms with Crippen LogP contribution in [0.15, 0.2) is 18.2 Å². The minimum absolute atomic E-state index is 0.0319. The van der Waals surface area contributed by atoms with Gasteiger partial charge in [-0.25, -0.2) is 0 Å². The van der Waals surface area contributed by atoms with Crippen molar-refractivity contribution < 1.29 is 19.2 Å². The average molecular weight is 297 g/mol. The standard InChI is InChI=1S/C13H19N3O5/c1-20-8-9-21-7-3-6-15-13(17)10-4-2-5-11(14)12(10)16(18)19/h2,4-5H,3,6-9,14H2,1H3,(H,15,17). The Labute approximate surface area is 122 Å². The molecular formula is C13H19N3O5. The maximum absolute atomic E-state index is 11.9. The molecule has 0 heterocycles. The summed E-state index contributed by atoms with van der Waals surface area (Å²) in [6.45, 7) is 1.84. The number of hydrogen-bond donors (Lipinski definition) is 2. The number of carbonyl (C=O) groups is 1. The zero-order valence-corrected chi connectivity index (χ0v) is 11.8. The van der Waals surface area contributed by atoms with Gasteiger partial charge in [-0.15, -0.1) is 0 Å². The predicted octanol–water partition coefficient (Wildman–Crippen LogP) is 0.960. The normalized spacial score (nSPS) is 10.3. The number of rotatable bonds is 9. The van der Waals surface area contributed by atoms with E-state index in [0.29, 0.717) is 32.8 Å². The lowest BCUT2D eigenvalue weighted by molar-refractivity contribution is -0.384. The van der Waals surface area contributed by atoms with Crippen LogP contribution in [0.3, 0.4) is 0 Å². The van der Waals surface area contributed by atoms with E-state index in [1.54, 1.807) is 7.11 Å². The first-order valence-corrected chi connectivity index (χ1v) is 6.45. The second kappa shape index (κ2) is 8.88. The third-order valence-corrected chi connectivity index (χ3v) is 2.68. The maximum atomic E-state index is 11.9. The SMILES string of the molecule is COCCOCCCNC(=O)c1cccc(N)c1[N+](=O)[O-]. The van der Waals surface area contributed by atoms with E-state index in [-0.39, 0.29) is 16.9 Å². The van der Waals surface area contributed by atoms with Gasteiger partial charge in [0.25, 0.3) is 5.91 Å². The van der Waals surface area contributed by atoms with Crippen molar-refractivity contribution in [1.82, 2.24) is 5.32 Å². The predicted molar refractivity (Wildman–Crippen MR) is 77.2 cm³/mol. The third-order valence-electron chi connectivity index (χ3n) is 2.68. The number of nitrogens with two attached hydrogens (primary N) is 1. The molecule has 1 rings (SSSR count). The van der Waals surface area contributed by atoms with Gasteiger partial charge in [0, 0.05) is 20.3 Å². The zero-order valence-electron chi connectivity index (χ0n) is 11.8. The zero-order chi connectivity index (χ0) is 15.7. The number of nitro groups is 1. The number of amides is 1. The van der Waals surface area contributed by atoms with E-state index in [1.165, 1.54) is 18.2 Å². The third kappa shape index (κ3) is 5.36. The number of benzene rings is 1. The van der Waals surface area contributed by atoms with Crippen molar-refractivity contribution in [1.29, 1.82) is 0 Å². The molecule has 0 saturated carbocycles. The van der Waals surface area contributed by atoms with E-state index in [2.05, 4.69) is 5.32 Å². The molecular weight excluding hydrogens is 278 g/mol. The fraction of sp³-hybridized carbons (Fsp3) is 0.462. The highest BCUT2D eigenvalue weighted by molar-refractivity contribution is 6.00. The molecule has 0 unspecified atom stereocenters. The number of anilines is 1. The van der Waals surface area contributed by atoms with Crippen molar-refractivity contribution in [2.24, 2.45) is 0 Å². The molecule has 1 aromatic carbocycles. The molecule has 116 valence electrons. The summed E-state index contributed by atoms with van der Waals surface area (Å²) in [4.78, 5) is 22.2. The number of nitrogens with one attached hydrogen (secondary N) is 1. The molecule has 21 heavy (non-hydrogen) atoms. The van der Waals surface area contributed by atoms with Crippen molar-refractivity contribution in [3.05, 3.63) is 33.9 Å². The number of methoxy groups -OCH3 is 1. The van der Waals surface area contributed by atoms with Crippen molar-refractivity contribution in [2.45, 2.75) is 6.42 Å². The van der Waals surface area contributed by atoms with Gasteiger partial charge in [0.15, 0.2) is 0 Å². The molecule has 0 aliphatic heterocycles. The van der Waals surface area contributed by atoms with E-state index in [1.807, 2.05) is 0 Å². The van der Waals surface area contributed by atoms with Gasteiger partial charge in [-0.2, -0.15) is 0 Å². The molecule has 1 aromatic rings. The highest BCUT2D eigenvalue weighted by Crippen LogP contribution is 2.25. The molecule has 0 fully saturated rings. The van der Waals surface area contributed by atoms with E-state index in [0.717, 1.165) is 0 Å². The quantitative estimate of drug-likeness (QED) is 0.303. The van der Waals surface area contributed by atoms with Crippen molar-refractivity contribution in [3.63, 3.8) is 0 Å². The highest BCUT2D eigenvalue weighted by atomic mass is 16.6. The lowest BCUT2D eigenvalue weighted by atomic mass is 10.1. The summed E-state index contributed by atoms with van der Waals surface area (Å²) in [7, 11) is 1.59. The van der Waals surface area contributed by atoms with Gasteiger partial charge in [0.1, 0.15) is 11.3 Å². The monoisotopic (exact) mass is 297 g/mol. The van der Waals surface area contributed by atoms with E-state index in [9.17, 15) is 14.9 Å². The molecule has 0 aromatic heterocycles. The minimum Gasteiger partial charge on any atom is -0.393 e. The Morgan fingerprint density at radius 2 is 2.14 bits per heavy atom. The molecule has 0 aliphatic carbocycles. The molecule has 0 bridgehead atoms. The van der Waals surface area contributed by atoms with Crippen LogP contribution in [-0.2, 0) is 9.47 Å². The van der Waals surface area contributed by atoms with Crippen LogP contribution in [0.1, 0.15) is 16.8 Å². The number of nitrogens with zero attached hydrogens (tertiary/aromatic N) is 1. The molecule has 0 atom stereocenters. The van der Waals surface area contributed by atoms with Crippen LogP contribution in [0.5, 0.6) is 0 Å². The summed E-state index contributed by atoms with van der Waals surface area (Å²) in [5.74, 6) is -0.522. The summed E-state index contributed by atoms with van der Waals surface area (Å²) in [5.41, 5.74) is 5.09. The van der Waals surface area contributed by atoms with Crippen LogP contribution < -0.4 is 11.1 Å². The summed E-state index contributed by atoms with van der Waals surface area (Å²) in [6, 6.07) is 4.27. The summed E-state index contributed by atoms with van der Waals surface area (Å²) in [5, 5.41) is 13.5. The number of nitrogen functional groups attached to an aromatic ring is 1. The first-order chi connectivity index (χ1) is 10.1. The van der Waals surface area contributed by atoms with Crippen LogP contribution in [0.25, 0.3) is 0 Å². The van der Waals surface area contributed by atoms with Gasteiger partial charge >= 0.3 is 5.69 Å². The first kappa shape index (κ1) is 16.9. The average Bonchev–Trinajstić information content (AvgIpc) is 2.45. The van der Waals surface area contributed by atoms with Gasteiger partial charge in [0.2, 0.25) is 0 Å². The molecule has 0 radical (unpaired) electrons.